The van der Waals surface area contributed by atoms with Gasteiger partial charge in [0, 0.05) is 4.88 Å². The van der Waals surface area contributed by atoms with Gasteiger partial charge in [-0.3, -0.25) is 0 Å². The highest BCUT2D eigenvalue weighted by Gasteiger charge is 2.12. The van der Waals surface area contributed by atoms with Crippen LogP contribution in [0.4, 0.5) is 4.39 Å². The van der Waals surface area contributed by atoms with Gasteiger partial charge in [0.15, 0.2) is 0 Å². The number of thiophene rings is 1. The monoisotopic (exact) mass is 282 g/mol. The zero-order valence-corrected chi connectivity index (χ0v) is 10.6. The van der Waals surface area contributed by atoms with Crippen molar-refractivity contribution in [2.45, 2.75) is 0 Å². The van der Waals surface area contributed by atoms with Crippen LogP contribution >= 0.6 is 22.9 Å². The van der Waals surface area contributed by atoms with Crippen molar-refractivity contribution in [2.24, 2.45) is 0 Å². The van der Waals surface area contributed by atoms with Crippen LogP contribution < -0.4 is 0 Å². The molecule has 0 aliphatic heterocycles. The quantitative estimate of drug-likeness (QED) is 0.858. The maximum atomic E-state index is 12.9. The Hall–Kier alpha value is -1.65. The summed E-state index contributed by atoms with van der Waals surface area (Å²) in [4.78, 5) is 11.8. The highest BCUT2D eigenvalue weighted by atomic mass is 35.5. The lowest BCUT2D eigenvalue weighted by Gasteiger charge is -2.02. The number of carboxylic acid groups (broad SMARTS) is 1. The predicted molar refractivity (Wildman–Crippen MR) is 71.2 cm³/mol. The van der Waals surface area contributed by atoms with E-state index in [9.17, 15) is 14.3 Å². The minimum absolute atomic E-state index is 0.138. The molecular weight excluding hydrogens is 275 g/mol. The van der Waals surface area contributed by atoms with Gasteiger partial charge in [-0.25, -0.2) is 9.18 Å². The zero-order valence-electron chi connectivity index (χ0n) is 9.06. The molecule has 0 unspecified atom stereocenters. The molecule has 2 nitrogen and oxygen atoms in total. The number of aliphatic carboxylic acids is 1. The number of carboxylic acids is 1. The molecule has 0 spiro atoms. The minimum atomic E-state index is -1.04. The van der Waals surface area contributed by atoms with Crippen LogP contribution in [0.3, 0.4) is 0 Å². The van der Waals surface area contributed by atoms with Crippen LogP contribution in [0.5, 0.6) is 0 Å². The molecule has 1 aromatic carbocycles. The fourth-order valence-electron chi connectivity index (χ4n) is 1.44. The summed E-state index contributed by atoms with van der Waals surface area (Å²) < 4.78 is 12.9. The van der Waals surface area contributed by atoms with E-state index in [2.05, 4.69) is 0 Å². The van der Waals surface area contributed by atoms with Crippen LogP contribution in [-0.4, -0.2) is 11.1 Å². The molecule has 0 amide bonds. The molecule has 0 radical (unpaired) electrons. The molecule has 0 aliphatic carbocycles. The van der Waals surface area contributed by atoms with Crippen LogP contribution in [-0.2, 0) is 4.79 Å². The Labute approximate surface area is 112 Å². The first kappa shape index (κ1) is 12.8. The summed E-state index contributed by atoms with van der Waals surface area (Å²) in [5.41, 5.74) is 0.613. The third-order valence-electron chi connectivity index (χ3n) is 2.28. The van der Waals surface area contributed by atoms with E-state index in [-0.39, 0.29) is 10.6 Å². The van der Waals surface area contributed by atoms with Crippen molar-refractivity contribution in [2.75, 3.05) is 0 Å². The fourth-order valence-corrected chi connectivity index (χ4v) is 2.40. The van der Waals surface area contributed by atoms with Gasteiger partial charge in [0.1, 0.15) is 5.82 Å². The van der Waals surface area contributed by atoms with Gasteiger partial charge in [-0.1, -0.05) is 23.7 Å². The molecule has 0 aliphatic rings. The van der Waals surface area contributed by atoms with Crippen molar-refractivity contribution < 1.29 is 14.3 Å². The molecule has 0 saturated heterocycles. The third kappa shape index (κ3) is 2.78. The minimum Gasteiger partial charge on any atom is -0.478 e. The summed E-state index contributed by atoms with van der Waals surface area (Å²) in [6.45, 7) is 0. The second kappa shape index (κ2) is 5.33. The van der Waals surface area contributed by atoms with Crippen molar-refractivity contribution >= 4 is 40.6 Å². The Kier molecular flexibility index (Phi) is 3.79. The Morgan fingerprint density at radius 2 is 2.17 bits per heavy atom. The molecule has 1 N–H and O–H groups in total. The standard InChI is InChI=1S/C13H8ClFO2S/c14-11-7-9(15)4-3-8(11)6-10(13(16)17)12-2-1-5-18-12/h1-7H,(H,16,17)/b10-6+. The number of benzene rings is 1. The van der Waals surface area contributed by atoms with E-state index in [0.29, 0.717) is 10.4 Å². The number of hydrogen-bond donors (Lipinski definition) is 1. The molecule has 5 heteroatoms. The molecule has 92 valence electrons. The average molecular weight is 283 g/mol. The molecule has 0 bridgehead atoms. The predicted octanol–water partition coefficient (Wildman–Crippen LogP) is 4.17. The van der Waals surface area contributed by atoms with Crippen LogP contribution in [0, 0.1) is 5.82 Å². The van der Waals surface area contributed by atoms with Crippen LogP contribution in [0.1, 0.15) is 10.4 Å². The van der Waals surface area contributed by atoms with E-state index in [1.807, 2.05) is 0 Å². The van der Waals surface area contributed by atoms with E-state index >= 15 is 0 Å². The van der Waals surface area contributed by atoms with E-state index in [0.717, 1.165) is 6.07 Å². The smallest absolute Gasteiger partial charge is 0.337 e. The van der Waals surface area contributed by atoms with Crippen molar-refractivity contribution in [3.05, 3.63) is 57.0 Å². The number of hydrogen-bond acceptors (Lipinski definition) is 2. The molecule has 18 heavy (non-hydrogen) atoms. The van der Waals surface area contributed by atoms with Crippen molar-refractivity contribution in [1.29, 1.82) is 0 Å². The van der Waals surface area contributed by atoms with Gasteiger partial charge in [0.2, 0.25) is 0 Å². The fraction of sp³-hybridized carbons (Fsp3) is 0. The normalized spacial score (nSPS) is 11.6. The summed E-state index contributed by atoms with van der Waals surface area (Å²) in [5.74, 6) is -1.50. The Bertz CT molecular complexity index is 605. The summed E-state index contributed by atoms with van der Waals surface area (Å²) in [6, 6.07) is 7.33. The molecule has 0 atom stereocenters. The largest absolute Gasteiger partial charge is 0.478 e. The van der Waals surface area contributed by atoms with Gasteiger partial charge in [0.05, 0.1) is 10.6 Å². The van der Waals surface area contributed by atoms with E-state index in [1.54, 1.807) is 17.5 Å². The van der Waals surface area contributed by atoms with E-state index < -0.39 is 11.8 Å². The summed E-state index contributed by atoms with van der Waals surface area (Å²) >= 11 is 7.19. The Morgan fingerprint density at radius 1 is 1.39 bits per heavy atom. The first-order valence-corrected chi connectivity index (χ1v) is 6.27. The highest BCUT2D eigenvalue weighted by molar-refractivity contribution is 7.11. The maximum absolute atomic E-state index is 12.9. The van der Waals surface area contributed by atoms with Crippen molar-refractivity contribution in [1.82, 2.24) is 0 Å². The number of carbonyl (C=O) groups is 1. The second-order valence-electron chi connectivity index (χ2n) is 3.51. The lowest BCUT2D eigenvalue weighted by molar-refractivity contribution is -0.130. The Morgan fingerprint density at radius 3 is 2.72 bits per heavy atom. The van der Waals surface area contributed by atoms with Gasteiger partial charge >= 0.3 is 5.97 Å². The molecular formula is C13H8ClFO2S. The molecule has 1 heterocycles. The van der Waals surface area contributed by atoms with Gasteiger partial charge in [0.25, 0.3) is 0 Å². The number of rotatable bonds is 3. The van der Waals surface area contributed by atoms with Gasteiger partial charge in [-0.15, -0.1) is 11.3 Å². The lowest BCUT2D eigenvalue weighted by Crippen LogP contribution is -1.97. The lowest BCUT2D eigenvalue weighted by atomic mass is 10.1. The summed E-state index contributed by atoms with van der Waals surface area (Å²) in [5, 5.41) is 11.1. The highest BCUT2D eigenvalue weighted by Crippen LogP contribution is 2.26. The van der Waals surface area contributed by atoms with Crippen molar-refractivity contribution in [3.63, 3.8) is 0 Å². The molecule has 2 aromatic rings. The molecule has 2 rings (SSSR count). The summed E-state index contributed by atoms with van der Waals surface area (Å²) in [6.07, 6.45) is 1.44. The zero-order chi connectivity index (χ0) is 13.1. The van der Waals surface area contributed by atoms with E-state index in [1.165, 1.54) is 29.5 Å². The van der Waals surface area contributed by atoms with Gasteiger partial charge in [-0.05, 0) is 35.2 Å². The van der Waals surface area contributed by atoms with Crippen LogP contribution in [0.15, 0.2) is 35.7 Å². The summed E-state index contributed by atoms with van der Waals surface area (Å²) in [7, 11) is 0. The molecule has 0 fully saturated rings. The SMILES string of the molecule is O=C(O)/C(=C/c1ccc(F)cc1Cl)c1cccs1. The molecule has 1 aromatic heterocycles. The van der Waals surface area contributed by atoms with E-state index in [4.69, 9.17) is 11.6 Å². The first-order chi connectivity index (χ1) is 8.58. The first-order valence-electron chi connectivity index (χ1n) is 5.02. The Balaban J connectivity index is 2.49. The van der Waals surface area contributed by atoms with Gasteiger partial charge < -0.3 is 5.11 Å². The van der Waals surface area contributed by atoms with Gasteiger partial charge in [-0.2, -0.15) is 0 Å². The molecule has 0 saturated carbocycles. The van der Waals surface area contributed by atoms with Crippen LogP contribution in [0.25, 0.3) is 11.6 Å². The van der Waals surface area contributed by atoms with Crippen LogP contribution in [0.2, 0.25) is 5.02 Å². The number of halogens is 2. The average Bonchev–Trinajstić information content (AvgIpc) is 2.80. The maximum Gasteiger partial charge on any atom is 0.337 e. The second-order valence-corrected chi connectivity index (χ2v) is 4.86. The topological polar surface area (TPSA) is 37.3 Å². The van der Waals surface area contributed by atoms with Crippen molar-refractivity contribution in [3.8, 4) is 0 Å². The third-order valence-corrected chi connectivity index (χ3v) is 3.51.